The second kappa shape index (κ2) is 7.08. The van der Waals surface area contributed by atoms with E-state index < -0.39 is 5.54 Å². The first kappa shape index (κ1) is 15.4. The van der Waals surface area contributed by atoms with Crippen molar-refractivity contribution >= 4 is 0 Å². The lowest BCUT2D eigenvalue weighted by atomic mass is 10.0. The first-order valence-corrected chi connectivity index (χ1v) is 7.17. The fourth-order valence-electron chi connectivity index (χ4n) is 2.59. The van der Waals surface area contributed by atoms with E-state index in [-0.39, 0.29) is 0 Å². The van der Waals surface area contributed by atoms with Gasteiger partial charge in [0.05, 0.1) is 6.07 Å². The number of nitrogens with zero attached hydrogens (tertiary/aromatic N) is 3. The highest BCUT2D eigenvalue weighted by Crippen LogP contribution is 2.12. The maximum Gasteiger partial charge on any atom is 0.116 e. The smallest absolute Gasteiger partial charge is 0.116 e. The van der Waals surface area contributed by atoms with Crippen LogP contribution in [-0.4, -0.2) is 60.6 Å². The fraction of sp³-hybridized carbons (Fsp3) is 0.929. The van der Waals surface area contributed by atoms with Crippen molar-refractivity contribution in [2.45, 2.75) is 45.7 Å². The van der Waals surface area contributed by atoms with Crippen molar-refractivity contribution in [1.29, 1.82) is 5.26 Å². The minimum absolute atomic E-state index is 0.409. The summed E-state index contributed by atoms with van der Waals surface area (Å²) >= 11 is 0. The molecule has 1 heterocycles. The van der Waals surface area contributed by atoms with Crippen LogP contribution in [0.25, 0.3) is 0 Å². The molecule has 0 amide bonds. The Morgan fingerprint density at radius 1 is 1.28 bits per heavy atom. The third-order valence-electron chi connectivity index (χ3n) is 3.97. The van der Waals surface area contributed by atoms with Gasteiger partial charge in [0, 0.05) is 38.8 Å². The monoisotopic (exact) mass is 252 g/mol. The lowest BCUT2D eigenvalue weighted by molar-refractivity contribution is 0.0888. The minimum Gasteiger partial charge on any atom is -0.299 e. The number of nitrogens with one attached hydrogen (secondary N) is 1. The van der Waals surface area contributed by atoms with Crippen molar-refractivity contribution in [3.63, 3.8) is 0 Å². The zero-order chi connectivity index (χ0) is 13.6. The Bertz CT molecular complexity index is 278. The van der Waals surface area contributed by atoms with Crippen LogP contribution in [0, 0.1) is 11.3 Å². The summed E-state index contributed by atoms with van der Waals surface area (Å²) in [5, 5.41) is 12.6. The van der Waals surface area contributed by atoms with E-state index in [1.54, 1.807) is 0 Å². The van der Waals surface area contributed by atoms with Crippen LogP contribution in [0.3, 0.4) is 0 Å². The highest BCUT2D eigenvalue weighted by atomic mass is 15.3. The molecule has 1 fully saturated rings. The third-order valence-corrected chi connectivity index (χ3v) is 3.97. The summed E-state index contributed by atoms with van der Waals surface area (Å²) in [5.41, 5.74) is -0.409. The van der Waals surface area contributed by atoms with Gasteiger partial charge in [-0.25, -0.2) is 0 Å². The van der Waals surface area contributed by atoms with Gasteiger partial charge in [-0.15, -0.1) is 0 Å². The van der Waals surface area contributed by atoms with Gasteiger partial charge in [0.1, 0.15) is 5.54 Å². The summed E-state index contributed by atoms with van der Waals surface area (Å²) in [7, 11) is 0. The van der Waals surface area contributed by atoms with Gasteiger partial charge in [-0.1, -0.05) is 13.8 Å². The molecule has 2 unspecified atom stereocenters. The Morgan fingerprint density at radius 2 is 1.89 bits per heavy atom. The maximum absolute atomic E-state index is 9.28. The van der Waals surface area contributed by atoms with E-state index in [9.17, 15) is 5.26 Å². The van der Waals surface area contributed by atoms with E-state index in [1.807, 2.05) is 6.92 Å². The standard InChI is InChI=1S/C14H28N4/c1-5-13(3)18-9-7-17(8-10-18)12-14(4,11-15)16-6-2/h13,16H,5-10,12H2,1-4H3. The topological polar surface area (TPSA) is 42.3 Å². The molecule has 1 aliphatic heterocycles. The Kier molecular flexibility index (Phi) is 6.07. The molecule has 0 radical (unpaired) electrons. The van der Waals surface area contributed by atoms with Gasteiger partial charge in [0.15, 0.2) is 0 Å². The fourth-order valence-corrected chi connectivity index (χ4v) is 2.59. The Hall–Kier alpha value is -0.630. The van der Waals surface area contributed by atoms with Crippen LogP contribution in [0.2, 0.25) is 0 Å². The quantitative estimate of drug-likeness (QED) is 0.773. The second-order valence-corrected chi connectivity index (χ2v) is 5.54. The van der Waals surface area contributed by atoms with Crippen LogP contribution < -0.4 is 5.32 Å². The average Bonchev–Trinajstić information content (AvgIpc) is 2.39. The summed E-state index contributed by atoms with van der Waals surface area (Å²) in [4.78, 5) is 4.96. The van der Waals surface area contributed by atoms with Crippen LogP contribution in [0.5, 0.6) is 0 Å². The van der Waals surface area contributed by atoms with Crippen molar-refractivity contribution in [3.8, 4) is 6.07 Å². The highest BCUT2D eigenvalue weighted by molar-refractivity contribution is 5.05. The van der Waals surface area contributed by atoms with E-state index in [1.165, 1.54) is 6.42 Å². The van der Waals surface area contributed by atoms with Crippen molar-refractivity contribution in [3.05, 3.63) is 0 Å². The first-order chi connectivity index (χ1) is 8.54. The van der Waals surface area contributed by atoms with Crippen LogP contribution in [-0.2, 0) is 0 Å². The Balaban J connectivity index is 2.42. The molecule has 1 N–H and O–H groups in total. The van der Waals surface area contributed by atoms with E-state index >= 15 is 0 Å². The molecule has 0 spiro atoms. The summed E-state index contributed by atoms with van der Waals surface area (Å²) in [6.07, 6.45) is 1.22. The van der Waals surface area contributed by atoms with Crippen molar-refractivity contribution < 1.29 is 0 Å². The van der Waals surface area contributed by atoms with Gasteiger partial charge in [-0.2, -0.15) is 5.26 Å². The summed E-state index contributed by atoms with van der Waals surface area (Å²) in [5.74, 6) is 0. The molecule has 4 nitrogen and oxygen atoms in total. The second-order valence-electron chi connectivity index (χ2n) is 5.54. The zero-order valence-corrected chi connectivity index (χ0v) is 12.4. The van der Waals surface area contributed by atoms with Crippen molar-refractivity contribution in [2.24, 2.45) is 0 Å². The molecular formula is C14H28N4. The van der Waals surface area contributed by atoms with Gasteiger partial charge >= 0.3 is 0 Å². The number of likely N-dealkylation sites (N-methyl/N-ethyl adjacent to an activating group) is 1. The predicted octanol–water partition coefficient (Wildman–Crippen LogP) is 1.29. The molecule has 1 aliphatic rings. The molecule has 2 atom stereocenters. The maximum atomic E-state index is 9.28. The van der Waals surface area contributed by atoms with E-state index in [0.717, 1.165) is 39.3 Å². The molecule has 104 valence electrons. The summed E-state index contributed by atoms with van der Waals surface area (Å²) < 4.78 is 0. The molecule has 0 aromatic rings. The molecule has 1 saturated heterocycles. The number of piperazine rings is 1. The number of rotatable bonds is 6. The Labute approximate surface area is 112 Å². The van der Waals surface area contributed by atoms with Gasteiger partial charge in [-0.3, -0.25) is 15.1 Å². The molecule has 1 rings (SSSR count). The molecule has 0 saturated carbocycles. The predicted molar refractivity (Wildman–Crippen MR) is 75.5 cm³/mol. The van der Waals surface area contributed by atoms with Crippen molar-refractivity contribution in [1.82, 2.24) is 15.1 Å². The van der Waals surface area contributed by atoms with E-state index in [0.29, 0.717) is 6.04 Å². The van der Waals surface area contributed by atoms with Crippen molar-refractivity contribution in [2.75, 3.05) is 39.3 Å². The zero-order valence-electron chi connectivity index (χ0n) is 12.4. The van der Waals surface area contributed by atoms with E-state index in [4.69, 9.17) is 0 Å². The molecule has 4 heteroatoms. The molecular weight excluding hydrogens is 224 g/mol. The first-order valence-electron chi connectivity index (χ1n) is 7.17. The average molecular weight is 252 g/mol. The normalized spacial score (nSPS) is 23.3. The molecule has 0 aromatic heterocycles. The van der Waals surface area contributed by atoms with Gasteiger partial charge in [0.25, 0.3) is 0 Å². The van der Waals surface area contributed by atoms with Crippen LogP contribution >= 0.6 is 0 Å². The van der Waals surface area contributed by atoms with Crippen LogP contribution in [0.15, 0.2) is 0 Å². The lowest BCUT2D eigenvalue weighted by Gasteiger charge is -2.40. The van der Waals surface area contributed by atoms with E-state index in [2.05, 4.69) is 42.0 Å². The van der Waals surface area contributed by atoms with Gasteiger partial charge in [0.2, 0.25) is 0 Å². The summed E-state index contributed by atoms with van der Waals surface area (Å²) in [6.45, 7) is 14.7. The minimum atomic E-state index is -0.409. The van der Waals surface area contributed by atoms with Crippen LogP contribution in [0.4, 0.5) is 0 Å². The van der Waals surface area contributed by atoms with Gasteiger partial charge < -0.3 is 0 Å². The molecule has 0 aliphatic carbocycles. The summed E-state index contributed by atoms with van der Waals surface area (Å²) in [6, 6.07) is 3.09. The largest absolute Gasteiger partial charge is 0.299 e. The number of hydrogen-bond donors (Lipinski definition) is 1. The molecule has 0 bridgehead atoms. The number of hydrogen-bond acceptors (Lipinski definition) is 4. The van der Waals surface area contributed by atoms with Crippen LogP contribution in [0.1, 0.15) is 34.1 Å². The molecule has 18 heavy (non-hydrogen) atoms. The number of nitriles is 1. The third kappa shape index (κ3) is 4.24. The molecule has 0 aromatic carbocycles. The Morgan fingerprint density at radius 3 is 2.33 bits per heavy atom. The highest BCUT2D eigenvalue weighted by Gasteiger charge is 2.28. The van der Waals surface area contributed by atoms with Gasteiger partial charge in [-0.05, 0) is 26.8 Å². The lowest BCUT2D eigenvalue weighted by Crippen LogP contribution is -2.56. The SMILES string of the molecule is CCNC(C)(C#N)CN1CCN(C(C)CC)CC1.